The zero-order valence-corrected chi connectivity index (χ0v) is 36.8. The maximum atomic E-state index is 6.65. The Morgan fingerprint density at radius 3 is 1.28 bits per heavy atom. The third-order valence-electron chi connectivity index (χ3n) is 14.3. The molecule has 0 amide bonds. The lowest BCUT2D eigenvalue weighted by Crippen LogP contribution is -2.14. The van der Waals surface area contributed by atoms with E-state index in [-0.39, 0.29) is 5.41 Å². The van der Waals surface area contributed by atoms with Gasteiger partial charge in [-0.2, -0.15) is 0 Å². The number of oxazole rings is 2. The molecular weight excluding hydrogens is 817 g/mol. The largest absolute Gasteiger partial charge is 0.435 e. The molecule has 2 heterocycles. The van der Waals surface area contributed by atoms with Crippen molar-refractivity contribution >= 4 is 65.3 Å². The van der Waals surface area contributed by atoms with Gasteiger partial charge in [0.15, 0.2) is 11.2 Å². The summed E-state index contributed by atoms with van der Waals surface area (Å²) in [7, 11) is 0. The predicted molar refractivity (Wildman–Crippen MR) is 276 cm³/mol. The van der Waals surface area contributed by atoms with Gasteiger partial charge in [0, 0.05) is 27.3 Å². The van der Waals surface area contributed by atoms with E-state index in [9.17, 15) is 0 Å². The van der Waals surface area contributed by atoms with Crippen LogP contribution < -0.4 is 0 Å². The molecule has 4 nitrogen and oxygen atoms in total. The molecule has 0 atom stereocenters. The average molecular weight is 857 g/mol. The topological polar surface area (TPSA) is 52.1 Å². The smallest absolute Gasteiger partial charge is 0.227 e. The Kier molecular flexibility index (Phi) is 8.00. The van der Waals surface area contributed by atoms with Gasteiger partial charge in [0.1, 0.15) is 11.0 Å². The molecule has 0 saturated heterocycles. The number of hydrogen-bond donors (Lipinski definition) is 0. The standard InChI is InChI=1S/C63H40N2O2/c1-63(2)53-16-10-9-15-49(53)50-28-25-45(36-54(50)63)48-32-46(43-23-19-37-17-21-39-26-29-55-59(57(39)51(37)34-43)66-61(64-55)41-11-5-3-6-12-41)31-47(33-48)44-24-20-38-18-22-40-27-30-56-60(58(40)52(38)35-44)67-62(65-56)42-13-7-4-8-14-42/h3-36H,1-2H3. The van der Waals surface area contributed by atoms with Gasteiger partial charge >= 0.3 is 0 Å². The fourth-order valence-corrected chi connectivity index (χ4v) is 10.8. The third kappa shape index (κ3) is 5.86. The molecule has 1 aliphatic carbocycles. The number of nitrogens with zero attached hydrogens (tertiary/aromatic N) is 2. The minimum absolute atomic E-state index is 0.125. The summed E-state index contributed by atoms with van der Waals surface area (Å²) in [4.78, 5) is 9.91. The lowest BCUT2D eigenvalue weighted by atomic mass is 9.81. The van der Waals surface area contributed by atoms with Gasteiger partial charge < -0.3 is 8.83 Å². The molecule has 1 aliphatic rings. The number of benzene rings is 11. The van der Waals surface area contributed by atoms with E-state index >= 15 is 0 Å². The summed E-state index contributed by atoms with van der Waals surface area (Å²) >= 11 is 0. The van der Waals surface area contributed by atoms with Crippen LogP contribution in [-0.4, -0.2) is 9.97 Å². The van der Waals surface area contributed by atoms with Crippen LogP contribution in [0.25, 0.3) is 133 Å². The van der Waals surface area contributed by atoms with Gasteiger partial charge in [0.2, 0.25) is 11.8 Å². The highest BCUT2D eigenvalue weighted by atomic mass is 16.4. The maximum absolute atomic E-state index is 6.65. The lowest BCUT2D eigenvalue weighted by Gasteiger charge is -2.22. The second-order valence-corrected chi connectivity index (χ2v) is 18.5. The molecule has 0 fully saturated rings. The van der Waals surface area contributed by atoms with E-state index in [1.54, 1.807) is 0 Å². The molecule has 2 aromatic heterocycles. The van der Waals surface area contributed by atoms with Gasteiger partial charge in [-0.25, -0.2) is 9.97 Å². The SMILES string of the molecule is CC1(C)c2ccccc2-c2ccc(-c3cc(-c4ccc5ccc6ccc7nc(-c8ccccc8)oc7c6c5c4)cc(-c4ccc5ccc6ccc7nc(-c8ccccc8)oc7c6c5c4)c3)cc21. The van der Waals surface area contributed by atoms with Gasteiger partial charge in [-0.1, -0.05) is 147 Å². The highest BCUT2D eigenvalue weighted by Crippen LogP contribution is 2.50. The minimum Gasteiger partial charge on any atom is -0.435 e. The molecule has 11 aromatic carbocycles. The Balaban J connectivity index is 0.983. The number of fused-ring (bicyclic) bond motifs is 13. The molecule has 0 unspecified atom stereocenters. The summed E-state index contributed by atoms with van der Waals surface area (Å²) in [6, 6.07) is 74.2. The first-order valence-electron chi connectivity index (χ1n) is 22.9. The summed E-state index contributed by atoms with van der Waals surface area (Å²) in [5.74, 6) is 1.25. The molecule has 14 rings (SSSR count). The van der Waals surface area contributed by atoms with Crippen LogP contribution in [0.2, 0.25) is 0 Å². The van der Waals surface area contributed by atoms with Crippen molar-refractivity contribution in [1.82, 2.24) is 9.97 Å². The van der Waals surface area contributed by atoms with Gasteiger partial charge in [-0.15, -0.1) is 0 Å². The first-order chi connectivity index (χ1) is 32.9. The predicted octanol–water partition coefficient (Wildman–Crippen LogP) is 17.2. The van der Waals surface area contributed by atoms with E-state index in [1.165, 1.54) is 27.8 Å². The molecule has 0 saturated carbocycles. The second kappa shape index (κ2) is 14.2. The fourth-order valence-electron chi connectivity index (χ4n) is 10.8. The molecule has 0 bridgehead atoms. The van der Waals surface area contributed by atoms with Crippen LogP contribution in [-0.2, 0) is 5.41 Å². The molecule has 0 radical (unpaired) electrons. The van der Waals surface area contributed by atoms with Gasteiger partial charge in [-0.05, 0) is 161 Å². The van der Waals surface area contributed by atoms with Crippen LogP contribution in [0.5, 0.6) is 0 Å². The van der Waals surface area contributed by atoms with Gasteiger partial charge in [-0.3, -0.25) is 0 Å². The van der Waals surface area contributed by atoms with E-state index in [4.69, 9.17) is 18.8 Å². The quantitative estimate of drug-likeness (QED) is 0.162. The van der Waals surface area contributed by atoms with E-state index in [2.05, 4.69) is 159 Å². The minimum atomic E-state index is -0.125. The van der Waals surface area contributed by atoms with Crippen molar-refractivity contribution in [2.45, 2.75) is 19.3 Å². The van der Waals surface area contributed by atoms with Gasteiger partial charge in [0.05, 0.1) is 0 Å². The van der Waals surface area contributed by atoms with Crippen molar-refractivity contribution in [3.8, 4) is 67.4 Å². The van der Waals surface area contributed by atoms with Crippen molar-refractivity contribution in [3.63, 3.8) is 0 Å². The zero-order chi connectivity index (χ0) is 44.4. The van der Waals surface area contributed by atoms with Crippen molar-refractivity contribution in [3.05, 3.63) is 217 Å². The van der Waals surface area contributed by atoms with Crippen molar-refractivity contribution in [2.24, 2.45) is 0 Å². The van der Waals surface area contributed by atoms with Crippen LogP contribution in [0.15, 0.2) is 215 Å². The average Bonchev–Trinajstić information content (AvgIpc) is 4.09. The molecular formula is C63H40N2O2. The number of rotatable bonds is 5. The zero-order valence-electron chi connectivity index (χ0n) is 36.8. The van der Waals surface area contributed by atoms with Crippen molar-refractivity contribution in [2.75, 3.05) is 0 Å². The Hall–Kier alpha value is -8.60. The molecule has 4 heteroatoms. The molecule has 0 spiro atoms. The van der Waals surface area contributed by atoms with Crippen LogP contribution in [0.4, 0.5) is 0 Å². The molecule has 0 aliphatic heterocycles. The van der Waals surface area contributed by atoms with Crippen LogP contribution in [0, 0.1) is 0 Å². The summed E-state index contributed by atoms with van der Waals surface area (Å²) < 4.78 is 13.3. The summed E-state index contributed by atoms with van der Waals surface area (Å²) in [6.45, 7) is 4.70. The third-order valence-corrected chi connectivity index (χ3v) is 14.3. The first kappa shape index (κ1) is 37.7. The van der Waals surface area contributed by atoms with E-state index in [1.807, 2.05) is 60.7 Å². The maximum Gasteiger partial charge on any atom is 0.227 e. The lowest BCUT2D eigenvalue weighted by molar-refractivity contribution is 0.623. The number of hydrogen-bond acceptors (Lipinski definition) is 4. The monoisotopic (exact) mass is 856 g/mol. The van der Waals surface area contributed by atoms with Crippen molar-refractivity contribution in [1.29, 1.82) is 0 Å². The highest BCUT2D eigenvalue weighted by Gasteiger charge is 2.35. The summed E-state index contributed by atoms with van der Waals surface area (Å²) in [5, 5.41) is 8.92. The Bertz CT molecular complexity index is 3960. The van der Waals surface area contributed by atoms with Crippen LogP contribution in [0.3, 0.4) is 0 Å². The molecule has 13 aromatic rings. The van der Waals surface area contributed by atoms with Crippen LogP contribution in [0.1, 0.15) is 25.0 Å². The summed E-state index contributed by atoms with van der Waals surface area (Å²) in [5.41, 5.74) is 17.3. The highest BCUT2D eigenvalue weighted by molar-refractivity contribution is 6.20. The van der Waals surface area contributed by atoms with Gasteiger partial charge in [0.25, 0.3) is 0 Å². The first-order valence-corrected chi connectivity index (χ1v) is 22.9. The number of aromatic nitrogens is 2. The van der Waals surface area contributed by atoms with E-state index in [0.717, 1.165) is 104 Å². The molecule has 67 heavy (non-hydrogen) atoms. The Morgan fingerprint density at radius 2 is 0.746 bits per heavy atom. The Morgan fingerprint density at radius 1 is 0.328 bits per heavy atom. The Labute approximate surface area is 386 Å². The van der Waals surface area contributed by atoms with Crippen molar-refractivity contribution < 1.29 is 8.83 Å². The van der Waals surface area contributed by atoms with Crippen LogP contribution >= 0.6 is 0 Å². The molecule has 314 valence electrons. The van der Waals surface area contributed by atoms with E-state index < -0.39 is 0 Å². The molecule has 0 N–H and O–H groups in total. The fraction of sp³-hybridized carbons (Fsp3) is 0.0476. The summed E-state index contributed by atoms with van der Waals surface area (Å²) in [6.07, 6.45) is 0. The van der Waals surface area contributed by atoms with E-state index in [0.29, 0.717) is 11.8 Å². The normalized spacial score (nSPS) is 13.0. The second-order valence-electron chi connectivity index (χ2n) is 18.5.